The molecule has 0 saturated heterocycles. The van der Waals surface area contributed by atoms with Crippen LogP contribution in [0.4, 0.5) is 0 Å². The van der Waals surface area contributed by atoms with Gasteiger partial charge in [-0.05, 0) is 18.6 Å². The van der Waals surface area contributed by atoms with Gasteiger partial charge in [0, 0.05) is 20.9 Å². The van der Waals surface area contributed by atoms with Gasteiger partial charge in [-0.15, -0.1) is 0 Å². The first-order valence-electron chi connectivity index (χ1n) is 4.78. The number of halogens is 2. The van der Waals surface area contributed by atoms with Gasteiger partial charge in [-0.3, -0.25) is 4.79 Å². The number of hydrogen-bond acceptors (Lipinski definition) is 1. The van der Waals surface area contributed by atoms with Crippen molar-refractivity contribution in [3.63, 3.8) is 0 Å². The van der Waals surface area contributed by atoms with Crippen molar-refractivity contribution in [1.29, 1.82) is 0 Å². The van der Waals surface area contributed by atoms with Crippen LogP contribution in [0.3, 0.4) is 0 Å². The van der Waals surface area contributed by atoms with Gasteiger partial charge in [-0.25, -0.2) is 0 Å². The van der Waals surface area contributed by atoms with Crippen molar-refractivity contribution in [2.75, 3.05) is 6.16 Å². The number of ketones is 1. The standard InChI is InChI=1S/C11H12Br2OP.Li/c12-8-4-3-5-9(13)11(8)10(14)6-1-2-7-15;/h3-5,15H,1-2,6-7H2;/q-1;+1. The van der Waals surface area contributed by atoms with Crippen molar-refractivity contribution in [2.45, 2.75) is 19.3 Å². The zero-order valence-corrected chi connectivity index (χ0v) is 13.4. The van der Waals surface area contributed by atoms with Crippen LogP contribution in [-0.4, -0.2) is 11.9 Å². The van der Waals surface area contributed by atoms with Crippen molar-refractivity contribution < 1.29 is 23.7 Å². The Morgan fingerprint density at radius 1 is 1.19 bits per heavy atom. The van der Waals surface area contributed by atoms with Gasteiger partial charge in [0.05, 0.1) is 0 Å². The predicted molar refractivity (Wildman–Crippen MR) is 73.2 cm³/mol. The molecule has 0 aliphatic rings. The molecule has 0 fully saturated rings. The maximum absolute atomic E-state index is 11.9. The molecule has 1 rings (SSSR count). The van der Waals surface area contributed by atoms with Crippen LogP contribution in [-0.2, 0) is 0 Å². The second-order valence-electron chi connectivity index (χ2n) is 3.23. The molecule has 1 aromatic carbocycles. The molecule has 0 aliphatic heterocycles. The fourth-order valence-corrected chi connectivity index (χ4v) is 2.99. The van der Waals surface area contributed by atoms with Crippen molar-refractivity contribution in [3.05, 3.63) is 32.7 Å². The first-order chi connectivity index (χ1) is 7.16. The van der Waals surface area contributed by atoms with E-state index in [4.69, 9.17) is 0 Å². The molecular weight excluding hydrogens is 346 g/mol. The summed E-state index contributed by atoms with van der Waals surface area (Å²) in [5.74, 6) is 0.189. The molecule has 82 valence electrons. The average Bonchev–Trinajstić information content (AvgIpc) is 2.18. The molecule has 0 heterocycles. The van der Waals surface area contributed by atoms with Gasteiger partial charge in [0.15, 0.2) is 5.78 Å². The second kappa shape index (κ2) is 8.89. The number of unbranched alkanes of at least 4 members (excludes halogenated alkanes) is 1. The van der Waals surface area contributed by atoms with E-state index < -0.39 is 0 Å². The second-order valence-corrected chi connectivity index (χ2v) is 5.44. The minimum atomic E-state index is 0. The van der Waals surface area contributed by atoms with E-state index in [2.05, 4.69) is 41.1 Å². The normalized spacial score (nSPS) is 9.69. The summed E-state index contributed by atoms with van der Waals surface area (Å²) in [6.07, 6.45) is 3.51. The average molecular weight is 358 g/mol. The third-order valence-corrected chi connectivity index (χ3v) is 3.75. The van der Waals surface area contributed by atoms with E-state index in [0.29, 0.717) is 6.42 Å². The first-order valence-corrected chi connectivity index (χ1v) is 7.08. The Labute approximate surface area is 128 Å². The Morgan fingerprint density at radius 3 is 2.25 bits per heavy atom. The SMILES string of the molecule is O=C(CCCC[PH-])c1c(Br)cccc1Br.[Li+]. The zero-order valence-electron chi connectivity index (χ0n) is 9.22. The van der Waals surface area contributed by atoms with E-state index in [1.807, 2.05) is 18.2 Å². The molecule has 5 heteroatoms. The molecule has 0 aliphatic carbocycles. The van der Waals surface area contributed by atoms with E-state index in [9.17, 15) is 4.79 Å². The smallest absolute Gasteiger partial charge is 0.558 e. The van der Waals surface area contributed by atoms with Crippen LogP contribution in [0.5, 0.6) is 0 Å². The van der Waals surface area contributed by atoms with Gasteiger partial charge in [-0.2, -0.15) is 6.16 Å². The van der Waals surface area contributed by atoms with E-state index in [1.165, 1.54) is 0 Å². The molecule has 0 bridgehead atoms. The van der Waals surface area contributed by atoms with Crippen LogP contribution in [0.1, 0.15) is 29.6 Å². The fourth-order valence-electron chi connectivity index (χ4n) is 1.30. The summed E-state index contributed by atoms with van der Waals surface area (Å²) >= 11 is 6.79. The molecule has 1 nitrogen and oxygen atoms in total. The van der Waals surface area contributed by atoms with Crippen molar-refractivity contribution in [1.82, 2.24) is 0 Å². The molecule has 0 saturated carbocycles. The third kappa shape index (κ3) is 5.03. The maximum Gasteiger partial charge on any atom is 1.00 e. The summed E-state index contributed by atoms with van der Waals surface area (Å²) in [6.45, 7) is 0. The van der Waals surface area contributed by atoms with Crippen molar-refractivity contribution in [2.24, 2.45) is 0 Å². The summed E-state index contributed by atoms with van der Waals surface area (Å²) < 4.78 is 1.72. The zero-order chi connectivity index (χ0) is 11.3. The Morgan fingerprint density at radius 2 is 1.75 bits per heavy atom. The molecule has 0 radical (unpaired) electrons. The maximum atomic E-state index is 11.9. The Hall–Kier alpha value is 0.877. The summed E-state index contributed by atoms with van der Waals surface area (Å²) in [6, 6.07) is 5.69. The third-order valence-electron chi connectivity index (χ3n) is 2.07. The van der Waals surface area contributed by atoms with Crippen LogP contribution >= 0.6 is 41.1 Å². The van der Waals surface area contributed by atoms with Crippen LogP contribution in [0.25, 0.3) is 0 Å². The number of carbonyl (C=O) groups is 1. The number of Topliss-reactive ketones (excluding diaryl/α,β-unsaturated/α-hetero) is 1. The topological polar surface area (TPSA) is 17.1 Å². The monoisotopic (exact) mass is 356 g/mol. The Balaban J connectivity index is 0.00000225. The van der Waals surface area contributed by atoms with Crippen molar-refractivity contribution >= 4 is 46.9 Å². The number of rotatable bonds is 5. The number of hydrogen-bond donors (Lipinski definition) is 0. The van der Waals surface area contributed by atoms with Gasteiger partial charge in [0.1, 0.15) is 0 Å². The molecule has 0 amide bonds. The molecule has 0 spiro atoms. The van der Waals surface area contributed by atoms with Crippen molar-refractivity contribution in [3.8, 4) is 0 Å². The van der Waals surface area contributed by atoms with Gasteiger partial charge in [-0.1, -0.05) is 44.3 Å². The Kier molecular flexibility index (Phi) is 9.38. The molecule has 16 heavy (non-hydrogen) atoms. The minimum absolute atomic E-state index is 0. The van der Waals surface area contributed by atoms with E-state index in [0.717, 1.165) is 33.5 Å². The van der Waals surface area contributed by atoms with Crippen LogP contribution in [0.15, 0.2) is 27.1 Å². The number of benzene rings is 1. The summed E-state index contributed by atoms with van der Waals surface area (Å²) in [4.78, 5) is 11.9. The molecule has 0 atom stereocenters. The van der Waals surface area contributed by atoms with Crippen LogP contribution in [0, 0.1) is 0 Å². The summed E-state index contributed by atoms with van der Waals surface area (Å²) in [5.41, 5.74) is 0.756. The van der Waals surface area contributed by atoms with Gasteiger partial charge in [0.2, 0.25) is 0 Å². The molecular formula is C11H12Br2LiOP. The van der Waals surface area contributed by atoms with E-state index >= 15 is 0 Å². The predicted octanol–water partition coefficient (Wildman–Crippen LogP) is 1.71. The van der Waals surface area contributed by atoms with Gasteiger partial charge in [0.25, 0.3) is 0 Å². The quantitative estimate of drug-likeness (QED) is 0.339. The molecule has 0 aromatic heterocycles. The summed E-state index contributed by atoms with van der Waals surface area (Å²) in [5, 5.41) is 0. The minimum Gasteiger partial charge on any atom is -0.558 e. The first kappa shape index (κ1) is 16.9. The fraction of sp³-hybridized carbons (Fsp3) is 0.364. The Bertz CT molecular complexity index is 338. The molecule has 0 unspecified atom stereocenters. The summed E-state index contributed by atoms with van der Waals surface area (Å²) in [7, 11) is 3.40. The molecule has 0 N–H and O–H groups in total. The largest absolute Gasteiger partial charge is 1.00 e. The van der Waals surface area contributed by atoms with Gasteiger partial charge < -0.3 is 9.24 Å². The van der Waals surface area contributed by atoms with Crippen LogP contribution < -0.4 is 18.9 Å². The van der Waals surface area contributed by atoms with E-state index in [1.54, 1.807) is 0 Å². The van der Waals surface area contributed by atoms with Gasteiger partial charge >= 0.3 is 18.9 Å². The van der Waals surface area contributed by atoms with E-state index in [-0.39, 0.29) is 24.6 Å². The van der Waals surface area contributed by atoms with Crippen LogP contribution in [0.2, 0.25) is 0 Å². The molecule has 1 aromatic rings. The number of carbonyl (C=O) groups excluding carboxylic acids is 1.